The molecule has 0 aromatic heterocycles. The molecule has 12 heavy (non-hydrogen) atoms. The molecule has 0 aliphatic rings. The van der Waals surface area contributed by atoms with Gasteiger partial charge in [-0.2, -0.15) is 0 Å². The van der Waals surface area contributed by atoms with E-state index in [2.05, 4.69) is 51.7 Å². The molecule has 0 aliphatic heterocycles. The Morgan fingerprint density at radius 3 is 1.67 bits per heavy atom. The molecular weight excluding hydrogens is 182 g/mol. The van der Waals surface area contributed by atoms with Crippen LogP contribution in [0.5, 0.6) is 0 Å². The third kappa shape index (κ3) is 7.03. The molecule has 0 amide bonds. The Labute approximate surface area is 79.2 Å². The first-order valence-electron chi connectivity index (χ1n) is 4.47. The predicted molar refractivity (Wildman–Crippen MR) is 60.5 cm³/mol. The molecule has 0 fully saturated rings. The van der Waals surface area contributed by atoms with Crippen molar-refractivity contribution in [3.05, 3.63) is 0 Å². The molecule has 0 bridgehead atoms. The number of hydrogen-bond acceptors (Lipinski definition) is 2. The highest BCUT2D eigenvalue weighted by molar-refractivity contribution is 6.84. The maximum absolute atomic E-state index is 6.17. The Balaban J connectivity index is 4.04. The number of nitrogens with zero attached hydrogens (tertiary/aromatic N) is 1. The summed E-state index contributed by atoms with van der Waals surface area (Å²) in [7, 11) is 1.49. The van der Waals surface area contributed by atoms with E-state index >= 15 is 0 Å². The van der Waals surface area contributed by atoms with Crippen LogP contribution in [0.2, 0.25) is 32.7 Å². The molecule has 0 spiro atoms. The summed E-state index contributed by atoms with van der Waals surface area (Å²) in [5, 5.41) is 0. The van der Waals surface area contributed by atoms with Gasteiger partial charge in [0.25, 0.3) is 0 Å². The average Bonchev–Trinajstić information content (AvgIpc) is 1.48. The number of hydrogen-bond donors (Lipinski definition) is 0. The molecule has 0 atom stereocenters. The van der Waals surface area contributed by atoms with Gasteiger partial charge in [-0.3, -0.25) is 0 Å². The van der Waals surface area contributed by atoms with E-state index in [1.54, 1.807) is 0 Å². The molecule has 2 nitrogen and oxygen atoms in total. The molecule has 0 saturated heterocycles. The van der Waals surface area contributed by atoms with Crippen molar-refractivity contribution in [3.63, 3.8) is 0 Å². The minimum Gasteiger partial charge on any atom is -0.455 e. The molecular formula is C8H23NOSi2. The summed E-state index contributed by atoms with van der Waals surface area (Å²) >= 11 is 0. The SMILES string of the molecule is CN(C)C[Si](C)(C)O[Si](C)(C)C. The summed E-state index contributed by atoms with van der Waals surface area (Å²) in [5.74, 6) is 0. The summed E-state index contributed by atoms with van der Waals surface area (Å²) in [5.41, 5.74) is 0. The quantitative estimate of drug-likeness (QED) is 0.652. The van der Waals surface area contributed by atoms with E-state index in [-0.39, 0.29) is 0 Å². The average molecular weight is 205 g/mol. The van der Waals surface area contributed by atoms with Crippen LogP contribution in [0.3, 0.4) is 0 Å². The number of rotatable bonds is 4. The topological polar surface area (TPSA) is 12.5 Å². The molecule has 4 heteroatoms. The van der Waals surface area contributed by atoms with Gasteiger partial charge in [-0.1, -0.05) is 0 Å². The molecule has 0 heterocycles. The predicted octanol–water partition coefficient (Wildman–Crippen LogP) is 2.14. The fraction of sp³-hybridized carbons (Fsp3) is 1.00. The van der Waals surface area contributed by atoms with Crippen molar-refractivity contribution in [3.8, 4) is 0 Å². The first kappa shape index (κ1) is 12.4. The van der Waals surface area contributed by atoms with E-state index in [1.165, 1.54) is 0 Å². The Morgan fingerprint density at radius 1 is 1.00 bits per heavy atom. The lowest BCUT2D eigenvalue weighted by molar-refractivity contribution is 0.430. The van der Waals surface area contributed by atoms with Gasteiger partial charge in [0, 0.05) is 6.17 Å². The van der Waals surface area contributed by atoms with Crippen LogP contribution in [0.15, 0.2) is 0 Å². The van der Waals surface area contributed by atoms with E-state index in [9.17, 15) is 0 Å². The standard InChI is InChI=1S/C8H23NOSi2/c1-9(2)8-12(6,7)10-11(3,4)5/h8H2,1-7H3. The normalized spacial score (nSPS) is 14.0. The Morgan fingerprint density at radius 2 is 1.42 bits per heavy atom. The summed E-state index contributed by atoms with van der Waals surface area (Å²) in [4.78, 5) is 2.23. The van der Waals surface area contributed by atoms with Crippen LogP contribution in [-0.2, 0) is 4.12 Å². The van der Waals surface area contributed by atoms with Crippen molar-refractivity contribution in [2.45, 2.75) is 32.7 Å². The maximum Gasteiger partial charge on any atom is 0.187 e. The lowest BCUT2D eigenvalue weighted by Gasteiger charge is -2.33. The fourth-order valence-electron chi connectivity index (χ4n) is 1.62. The summed E-state index contributed by atoms with van der Waals surface area (Å²) in [6.45, 7) is 11.4. The fourth-order valence-corrected chi connectivity index (χ4v) is 10.0. The van der Waals surface area contributed by atoms with Crippen LogP contribution < -0.4 is 0 Å². The van der Waals surface area contributed by atoms with Gasteiger partial charge in [-0.05, 0) is 46.8 Å². The van der Waals surface area contributed by atoms with Crippen LogP contribution in [0.4, 0.5) is 0 Å². The van der Waals surface area contributed by atoms with Gasteiger partial charge in [0.1, 0.15) is 0 Å². The molecule has 0 aromatic rings. The second-order valence-corrected chi connectivity index (χ2v) is 14.1. The maximum atomic E-state index is 6.17. The summed E-state index contributed by atoms with van der Waals surface area (Å²) < 4.78 is 6.17. The first-order chi connectivity index (χ1) is 5.12. The molecule has 74 valence electrons. The van der Waals surface area contributed by atoms with Crippen molar-refractivity contribution in [1.82, 2.24) is 4.90 Å². The second-order valence-electron chi connectivity index (χ2n) is 5.21. The van der Waals surface area contributed by atoms with E-state index < -0.39 is 16.6 Å². The van der Waals surface area contributed by atoms with Crippen molar-refractivity contribution in [2.24, 2.45) is 0 Å². The summed E-state index contributed by atoms with van der Waals surface area (Å²) in [6.07, 6.45) is 1.12. The molecule has 0 N–H and O–H groups in total. The van der Waals surface area contributed by atoms with Crippen molar-refractivity contribution < 1.29 is 4.12 Å². The van der Waals surface area contributed by atoms with Crippen LogP contribution in [-0.4, -0.2) is 41.8 Å². The van der Waals surface area contributed by atoms with Gasteiger partial charge in [0.2, 0.25) is 0 Å². The van der Waals surface area contributed by atoms with Gasteiger partial charge in [-0.25, -0.2) is 0 Å². The molecule has 0 aromatic carbocycles. The minimum absolute atomic E-state index is 1.12. The molecule has 0 radical (unpaired) electrons. The second kappa shape index (κ2) is 4.04. The molecule has 0 aliphatic carbocycles. The highest BCUT2D eigenvalue weighted by Crippen LogP contribution is 2.14. The first-order valence-corrected chi connectivity index (χ1v) is 11.0. The van der Waals surface area contributed by atoms with Crippen molar-refractivity contribution in [2.75, 3.05) is 20.3 Å². The Kier molecular flexibility index (Phi) is 4.16. The van der Waals surface area contributed by atoms with Gasteiger partial charge < -0.3 is 9.02 Å². The lowest BCUT2D eigenvalue weighted by atomic mass is 11.0. The van der Waals surface area contributed by atoms with Gasteiger partial charge in [0.15, 0.2) is 16.6 Å². The molecule has 0 unspecified atom stereocenters. The highest BCUT2D eigenvalue weighted by atomic mass is 28.4. The Hall–Kier alpha value is 0.354. The minimum atomic E-state index is -1.41. The van der Waals surface area contributed by atoms with Gasteiger partial charge in [-0.15, -0.1) is 0 Å². The zero-order valence-corrected chi connectivity index (χ0v) is 11.6. The Bertz CT molecular complexity index is 140. The molecule has 0 rings (SSSR count). The summed E-state index contributed by atoms with van der Waals surface area (Å²) in [6, 6.07) is 0. The lowest BCUT2D eigenvalue weighted by Crippen LogP contribution is -2.49. The van der Waals surface area contributed by atoms with Crippen LogP contribution in [0.25, 0.3) is 0 Å². The van der Waals surface area contributed by atoms with E-state index in [0.717, 1.165) is 6.17 Å². The van der Waals surface area contributed by atoms with E-state index in [0.29, 0.717) is 0 Å². The monoisotopic (exact) mass is 205 g/mol. The van der Waals surface area contributed by atoms with Crippen molar-refractivity contribution in [1.29, 1.82) is 0 Å². The zero-order valence-electron chi connectivity index (χ0n) is 9.56. The van der Waals surface area contributed by atoms with Crippen molar-refractivity contribution >= 4 is 16.6 Å². The largest absolute Gasteiger partial charge is 0.455 e. The third-order valence-electron chi connectivity index (χ3n) is 1.28. The van der Waals surface area contributed by atoms with Crippen LogP contribution >= 0.6 is 0 Å². The highest BCUT2D eigenvalue weighted by Gasteiger charge is 2.29. The van der Waals surface area contributed by atoms with E-state index in [4.69, 9.17) is 4.12 Å². The van der Waals surface area contributed by atoms with Gasteiger partial charge in [0.05, 0.1) is 0 Å². The van der Waals surface area contributed by atoms with E-state index in [1.807, 2.05) is 0 Å². The molecule has 0 saturated carbocycles. The third-order valence-corrected chi connectivity index (χ3v) is 7.33. The van der Waals surface area contributed by atoms with Gasteiger partial charge >= 0.3 is 0 Å². The van der Waals surface area contributed by atoms with Crippen LogP contribution in [0.1, 0.15) is 0 Å². The zero-order chi connectivity index (χ0) is 9.99. The smallest absolute Gasteiger partial charge is 0.187 e. The van der Waals surface area contributed by atoms with Crippen LogP contribution in [0, 0.1) is 0 Å².